The summed E-state index contributed by atoms with van der Waals surface area (Å²) >= 11 is 0. The van der Waals surface area contributed by atoms with Gasteiger partial charge in [-0.25, -0.2) is 4.39 Å². The maximum atomic E-state index is 13.6. The van der Waals surface area contributed by atoms with E-state index in [2.05, 4.69) is 14.9 Å². The fraction of sp³-hybridized carbons (Fsp3) is 0.294. The van der Waals surface area contributed by atoms with Crippen LogP contribution in [0.3, 0.4) is 0 Å². The lowest BCUT2D eigenvalue weighted by atomic mass is 10.2. The van der Waals surface area contributed by atoms with Crippen LogP contribution < -0.4 is 14.8 Å². The van der Waals surface area contributed by atoms with Gasteiger partial charge in [0, 0.05) is 17.7 Å². The second kappa shape index (κ2) is 8.80. The van der Waals surface area contributed by atoms with E-state index in [9.17, 15) is 48.7 Å². The lowest BCUT2D eigenvalue weighted by molar-refractivity contribution is -0.641. The average molecular weight is 481 g/mol. The molecule has 1 N–H and O–H groups in total. The molecule has 0 aliphatic heterocycles. The Morgan fingerprint density at radius 1 is 0.875 bits per heavy atom. The molecule has 1 heterocycles. The van der Waals surface area contributed by atoms with Crippen LogP contribution in [-0.4, -0.2) is 36.6 Å². The first kappa shape index (κ1) is 25.2. The molecular weight excluding hydrogens is 470 g/mol. The summed E-state index contributed by atoms with van der Waals surface area (Å²) in [6.45, 7) is 0. The maximum absolute atomic E-state index is 13.6. The molecule has 15 heteroatoms. The molecule has 176 valence electrons. The predicted molar refractivity (Wildman–Crippen MR) is 84.3 cm³/mol. The van der Waals surface area contributed by atoms with Gasteiger partial charge in [0.15, 0.2) is 12.4 Å². The van der Waals surface area contributed by atoms with Crippen molar-refractivity contribution in [3.63, 3.8) is 0 Å². The Morgan fingerprint density at radius 2 is 1.41 bits per heavy atom. The zero-order chi connectivity index (χ0) is 24.4. The summed E-state index contributed by atoms with van der Waals surface area (Å²) in [4.78, 5) is 12.0. The summed E-state index contributed by atoms with van der Waals surface area (Å²) in [7, 11) is 0. The van der Waals surface area contributed by atoms with Crippen molar-refractivity contribution in [2.24, 2.45) is 0 Å². The number of benzene rings is 1. The molecule has 0 aliphatic carbocycles. The zero-order valence-electron chi connectivity index (χ0n) is 15.2. The highest BCUT2D eigenvalue weighted by atomic mass is 19.4. The molecule has 5 nitrogen and oxygen atoms in total. The van der Waals surface area contributed by atoms with E-state index in [0.717, 1.165) is 12.1 Å². The molecule has 0 saturated heterocycles. The number of rotatable bonds is 8. The van der Waals surface area contributed by atoms with Gasteiger partial charge in [0.1, 0.15) is 5.75 Å². The van der Waals surface area contributed by atoms with Gasteiger partial charge in [-0.2, -0.15) is 39.5 Å². The van der Waals surface area contributed by atoms with Gasteiger partial charge in [-0.3, -0.25) is 9.53 Å². The first-order valence-corrected chi connectivity index (χ1v) is 8.15. The van der Waals surface area contributed by atoms with E-state index in [1.54, 1.807) is 18.2 Å². The average Bonchev–Trinajstić information content (AvgIpc) is 2.67. The number of alkyl halides is 10. The quantitative estimate of drug-likeness (QED) is 0.449. The number of halogens is 10. The predicted octanol–water partition coefficient (Wildman–Crippen LogP) is 4.43. The Labute approximate surface area is 172 Å². The van der Waals surface area contributed by atoms with E-state index in [1.807, 2.05) is 0 Å². The third-order valence-corrected chi connectivity index (χ3v) is 3.55. The lowest BCUT2D eigenvalue weighted by Gasteiger charge is -2.30. The van der Waals surface area contributed by atoms with Crippen molar-refractivity contribution in [3.05, 3.63) is 60.4 Å². The lowest BCUT2D eigenvalue weighted by Crippen LogP contribution is -2.56. The monoisotopic (exact) mass is 481 g/mol. The molecule has 0 bridgehead atoms. The Hall–Kier alpha value is -3.10. The Balaban J connectivity index is 2.06. The largest absolute Gasteiger partial charge is 0.462 e. The topological polar surface area (TPSA) is 51.4 Å². The SMILES string of the molecule is O=C(N[n+]1ccccc1)c1ccc(OC(F)(F)C(F)OC(F)(F)C(F)(F)C(F)(F)F)cc1. The van der Waals surface area contributed by atoms with Crippen LogP contribution in [0.4, 0.5) is 43.9 Å². The molecule has 0 radical (unpaired) electrons. The third-order valence-electron chi connectivity index (χ3n) is 3.55. The molecule has 0 aliphatic rings. The Bertz CT molecular complexity index is 920. The highest BCUT2D eigenvalue weighted by Crippen LogP contribution is 2.48. The molecule has 1 amide bonds. The van der Waals surface area contributed by atoms with Gasteiger partial charge in [0.2, 0.25) is 0 Å². The van der Waals surface area contributed by atoms with Gasteiger partial charge in [-0.15, -0.1) is 5.43 Å². The molecule has 0 saturated carbocycles. The molecule has 0 fully saturated rings. The van der Waals surface area contributed by atoms with Crippen LogP contribution in [0.1, 0.15) is 10.4 Å². The number of ether oxygens (including phenoxy) is 2. The number of carbonyl (C=O) groups is 1. The molecule has 1 aromatic heterocycles. The van der Waals surface area contributed by atoms with Crippen LogP contribution in [-0.2, 0) is 4.74 Å². The minimum absolute atomic E-state index is 0.124. The molecule has 0 spiro atoms. The number of carbonyl (C=O) groups excluding carboxylic acids is 1. The Kier molecular flexibility index (Phi) is 6.92. The summed E-state index contributed by atoms with van der Waals surface area (Å²) in [6, 6.07) is 7.90. The zero-order valence-corrected chi connectivity index (χ0v) is 15.2. The highest BCUT2D eigenvalue weighted by molar-refractivity contribution is 5.98. The second-order valence-corrected chi connectivity index (χ2v) is 5.93. The second-order valence-electron chi connectivity index (χ2n) is 5.93. The van der Waals surface area contributed by atoms with E-state index in [1.165, 1.54) is 17.1 Å². The number of pyridine rings is 1. The molecule has 1 aromatic carbocycles. The summed E-state index contributed by atoms with van der Waals surface area (Å²) in [5.41, 5.74) is 2.23. The van der Waals surface area contributed by atoms with E-state index in [0.29, 0.717) is 12.1 Å². The van der Waals surface area contributed by atoms with Crippen LogP contribution >= 0.6 is 0 Å². The smallest absolute Gasteiger partial charge is 0.429 e. The molecule has 1 atom stereocenters. The fourth-order valence-corrected chi connectivity index (χ4v) is 1.97. The first-order chi connectivity index (χ1) is 14.6. The van der Waals surface area contributed by atoms with Crippen molar-refractivity contribution >= 4 is 5.91 Å². The van der Waals surface area contributed by atoms with Crippen LogP contribution in [0.2, 0.25) is 0 Å². The molecular formula is C17H11F10N2O3+. The van der Waals surface area contributed by atoms with Crippen molar-refractivity contribution in [1.82, 2.24) is 0 Å². The van der Waals surface area contributed by atoms with E-state index in [4.69, 9.17) is 0 Å². The van der Waals surface area contributed by atoms with Gasteiger partial charge in [-0.1, -0.05) is 10.7 Å². The van der Waals surface area contributed by atoms with Crippen molar-refractivity contribution < 1.29 is 62.8 Å². The van der Waals surface area contributed by atoms with Gasteiger partial charge in [0.05, 0.1) is 0 Å². The van der Waals surface area contributed by atoms with Crippen molar-refractivity contribution in [3.8, 4) is 5.75 Å². The summed E-state index contributed by atoms with van der Waals surface area (Å²) in [5.74, 6) is -8.65. The van der Waals surface area contributed by atoms with Gasteiger partial charge >= 0.3 is 36.6 Å². The van der Waals surface area contributed by atoms with Crippen LogP contribution in [0.15, 0.2) is 54.9 Å². The number of aromatic nitrogens is 1. The standard InChI is InChI=1S/C17H10F10N2O3/c18-13(32-17(26,27)15(21,22)16(23,24)25)14(19,20)31-11-6-4-10(5-7-11)12(30)28-29-8-2-1-3-9-29/h1-9,13H/p+1. The molecule has 2 aromatic rings. The van der Waals surface area contributed by atoms with Crippen molar-refractivity contribution in [2.45, 2.75) is 30.7 Å². The third kappa shape index (κ3) is 5.57. The summed E-state index contributed by atoms with van der Waals surface area (Å²) in [5, 5.41) is 0. The van der Waals surface area contributed by atoms with Crippen molar-refractivity contribution in [2.75, 3.05) is 5.43 Å². The minimum Gasteiger partial charge on any atom is -0.429 e. The first-order valence-electron chi connectivity index (χ1n) is 8.15. The molecule has 2 rings (SSSR count). The highest BCUT2D eigenvalue weighted by Gasteiger charge is 2.76. The molecule has 32 heavy (non-hydrogen) atoms. The van der Waals surface area contributed by atoms with E-state index < -0.39 is 42.3 Å². The van der Waals surface area contributed by atoms with Gasteiger partial charge < -0.3 is 4.74 Å². The summed E-state index contributed by atoms with van der Waals surface area (Å²) in [6.07, 6.45) is -20.8. The minimum atomic E-state index is -6.97. The molecule has 1 unspecified atom stereocenters. The van der Waals surface area contributed by atoms with Crippen LogP contribution in [0.25, 0.3) is 0 Å². The van der Waals surface area contributed by atoms with Gasteiger partial charge in [-0.05, 0) is 24.3 Å². The number of nitrogens with zero attached hydrogens (tertiary/aromatic N) is 1. The normalized spacial score (nSPS) is 14.1. The maximum Gasteiger partial charge on any atom is 0.462 e. The number of hydrogen-bond acceptors (Lipinski definition) is 3. The van der Waals surface area contributed by atoms with E-state index >= 15 is 0 Å². The van der Waals surface area contributed by atoms with Crippen molar-refractivity contribution in [1.29, 1.82) is 0 Å². The number of hydrogen-bond donors (Lipinski definition) is 1. The summed E-state index contributed by atoms with van der Waals surface area (Å²) < 4.78 is 135. The number of amides is 1. The van der Waals surface area contributed by atoms with Crippen LogP contribution in [0, 0.1) is 0 Å². The fourth-order valence-electron chi connectivity index (χ4n) is 1.97. The van der Waals surface area contributed by atoms with E-state index in [-0.39, 0.29) is 5.56 Å². The van der Waals surface area contributed by atoms with Gasteiger partial charge in [0.25, 0.3) is 0 Å². The number of nitrogens with one attached hydrogen (secondary N) is 1. The Morgan fingerprint density at radius 3 is 1.91 bits per heavy atom. The van der Waals surface area contributed by atoms with Crippen LogP contribution in [0.5, 0.6) is 5.75 Å².